The van der Waals surface area contributed by atoms with Crippen LogP contribution in [0.2, 0.25) is 0 Å². The third-order valence-electron chi connectivity index (χ3n) is 1.75. The van der Waals surface area contributed by atoms with Crippen molar-refractivity contribution in [2.45, 2.75) is 32.2 Å². The van der Waals surface area contributed by atoms with Crippen LogP contribution in [-0.2, 0) is 0 Å². The minimum atomic E-state index is -0.0394. The molecule has 1 fully saturated rings. The van der Waals surface area contributed by atoms with Crippen molar-refractivity contribution in [1.82, 2.24) is 10.6 Å². The van der Waals surface area contributed by atoms with Crippen LogP contribution in [0.4, 0.5) is 4.79 Å². The van der Waals surface area contributed by atoms with Crippen molar-refractivity contribution in [3.05, 3.63) is 0 Å². The van der Waals surface area contributed by atoms with Crippen LogP contribution >= 0.6 is 0 Å². The molecule has 1 saturated carbocycles. The highest BCUT2D eigenvalue weighted by atomic mass is 16.2. The summed E-state index contributed by atoms with van der Waals surface area (Å²) in [6.45, 7) is 4.67. The summed E-state index contributed by atoms with van der Waals surface area (Å²) in [4.78, 5) is 10.9. The van der Waals surface area contributed by atoms with Gasteiger partial charge in [-0.15, -0.1) is 0 Å². The van der Waals surface area contributed by atoms with Gasteiger partial charge in [-0.05, 0) is 26.7 Å². The second-order valence-electron chi connectivity index (χ2n) is 3.05. The third-order valence-corrected chi connectivity index (χ3v) is 1.75. The second kappa shape index (κ2) is 2.48. The summed E-state index contributed by atoms with van der Waals surface area (Å²) >= 11 is 0. The lowest BCUT2D eigenvalue weighted by molar-refractivity contribution is 0.237. The average molecular weight is 142 g/mol. The molecular weight excluding hydrogens is 128 g/mol. The maximum Gasteiger partial charge on any atom is 0.315 e. The highest BCUT2D eigenvalue weighted by Crippen LogP contribution is 2.33. The van der Waals surface area contributed by atoms with E-state index in [4.69, 9.17) is 0 Å². The highest BCUT2D eigenvalue weighted by Gasteiger charge is 2.38. The molecule has 0 bridgehead atoms. The van der Waals surface area contributed by atoms with Crippen molar-refractivity contribution in [2.75, 3.05) is 6.54 Å². The molecule has 0 unspecified atom stereocenters. The zero-order valence-electron chi connectivity index (χ0n) is 6.53. The van der Waals surface area contributed by atoms with E-state index in [1.165, 1.54) is 0 Å². The lowest BCUT2D eigenvalue weighted by Crippen LogP contribution is -2.41. The van der Waals surface area contributed by atoms with Gasteiger partial charge in [0, 0.05) is 12.1 Å². The Morgan fingerprint density at radius 3 is 2.60 bits per heavy atom. The van der Waals surface area contributed by atoms with Crippen molar-refractivity contribution in [1.29, 1.82) is 0 Å². The molecule has 2 amide bonds. The van der Waals surface area contributed by atoms with E-state index < -0.39 is 0 Å². The molecule has 1 aliphatic carbocycles. The quantitative estimate of drug-likeness (QED) is 0.590. The molecule has 0 saturated heterocycles. The van der Waals surface area contributed by atoms with Crippen molar-refractivity contribution in [3.63, 3.8) is 0 Å². The average Bonchev–Trinajstić information content (AvgIpc) is 2.48. The van der Waals surface area contributed by atoms with Gasteiger partial charge in [-0.25, -0.2) is 4.79 Å². The van der Waals surface area contributed by atoms with Gasteiger partial charge in [0.1, 0.15) is 0 Å². The van der Waals surface area contributed by atoms with Gasteiger partial charge in [-0.3, -0.25) is 0 Å². The summed E-state index contributed by atoms with van der Waals surface area (Å²) in [6, 6.07) is -0.0394. The molecule has 0 aromatic carbocycles. The van der Waals surface area contributed by atoms with E-state index in [-0.39, 0.29) is 11.6 Å². The Kier molecular flexibility index (Phi) is 1.83. The Balaban J connectivity index is 2.18. The van der Waals surface area contributed by atoms with E-state index in [2.05, 4.69) is 17.6 Å². The zero-order valence-corrected chi connectivity index (χ0v) is 6.53. The number of rotatable bonds is 2. The molecule has 0 radical (unpaired) electrons. The van der Waals surface area contributed by atoms with Gasteiger partial charge in [-0.1, -0.05) is 0 Å². The lowest BCUT2D eigenvalue weighted by Gasteiger charge is -2.10. The lowest BCUT2D eigenvalue weighted by atomic mass is 10.3. The Labute approximate surface area is 61.2 Å². The first kappa shape index (κ1) is 7.38. The van der Waals surface area contributed by atoms with Crippen LogP contribution in [0.1, 0.15) is 26.7 Å². The summed E-state index contributed by atoms with van der Waals surface area (Å²) in [5.74, 6) is 0. The SMILES string of the molecule is CCNC(=O)NC1(C)CC1. The molecule has 10 heavy (non-hydrogen) atoms. The summed E-state index contributed by atoms with van der Waals surface area (Å²) in [5, 5.41) is 5.57. The Morgan fingerprint density at radius 2 is 2.20 bits per heavy atom. The maximum atomic E-state index is 10.9. The molecule has 3 nitrogen and oxygen atoms in total. The first-order valence-corrected chi connectivity index (χ1v) is 3.72. The minimum Gasteiger partial charge on any atom is -0.338 e. The topological polar surface area (TPSA) is 41.1 Å². The number of hydrogen-bond donors (Lipinski definition) is 2. The fourth-order valence-corrected chi connectivity index (χ4v) is 0.791. The van der Waals surface area contributed by atoms with Crippen molar-refractivity contribution in [2.24, 2.45) is 0 Å². The summed E-state index contributed by atoms with van der Waals surface area (Å²) in [6.07, 6.45) is 2.23. The number of hydrogen-bond acceptors (Lipinski definition) is 1. The summed E-state index contributed by atoms with van der Waals surface area (Å²) in [7, 11) is 0. The summed E-state index contributed by atoms with van der Waals surface area (Å²) in [5.41, 5.74) is 0.110. The van der Waals surface area contributed by atoms with Crippen molar-refractivity contribution >= 4 is 6.03 Å². The van der Waals surface area contributed by atoms with Gasteiger partial charge in [0.15, 0.2) is 0 Å². The van der Waals surface area contributed by atoms with Crippen LogP contribution in [0.5, 0.6) is 0 Å². The van der Waals surface area contributed by atoms with Crippen molar-refractivity contribution < 1.29 is 4.79 Å². The molecule has 0 aromatic rings. The zero-order chi connectivity index (χ0) is 7.61. The van der Waals surface area contributed by atoms with Crippen LogP contribution in [-0.4, -0.2) is 18.1 Å². The predicted octanol–water partition coefficient (Wildman–Crippen LogP) is 0.858. The van der Waals surface area contributed by atoms with Gasteiger partial charge < -0.3 is 10.6 Å². The third kappa shape index (κ3) is 1.90. The van der Waals surface area contributed by atoms with E-state index >= 15 is 0 Å². The number of nitrogens with one attached hydrogen (secondary N) is 2. The van der Waals surface area contributed by atoms with Crippen LogP contribution < -0.4 is 10.6 Å². The standard InChI is InChI=1S/C7H14N2O/c1-3-8-6(10)9-7(2)4-5-7/h3-5H2,1-2H3,(H2,8,9,10). The monoisotopic (exact) mass is 142 g/mol. The largest absolute Gasteiger partial charge is 0.338 e. The van der Waals surface area contributed by atoms with E-state index in [1.54, 1.807) is 0 Å². The summed E-state index contributed by atoms with van der Waals surface area (Å²) < 4.78 is 0. The first-order chi connectivity index (χ1) is 4.66. The number of carbonyl (C=O) groups excluding carboxylic acids is 1. The number of carbonyl (C=O) groups is 1. The van der Waals surface area contributed by atoms with Crippen LogP contribution in [0, 0.1) is 0 Å². The Morgan fingerprint density at radius 1 is 1.60 bits per heavy atom. The highest BCUT2D eigenvalue weighted by molar-refractivity contribution is 5.75. The van der Waals surface area contributed by atoms with Gasteiger partial charge in [-0.2, -0.15) is 0 Å². The van der Waals surface area contributed by atoms with Gasteiger partial charge in [0.05, 0.1) is 0 Å². The van der Waals surface area contributed by atoms with Gasteiger partial charge >= 0.3 is 6.03 Å². The molecule has 3 heteroatoms. The smallest absolute Gasteiger partial charge is 0.315 e. The van der Waals surface area contributed by atoms with E-state index in [9.17, 15) is 4.79 Å². The molecule has 0 atom stereocenters. The van der Waals surface area contributed by atoms with Crippen LogP contribution in [0.3, 0.4) is 0 Å². The van der Waals surface area contributed by atoms with Crippen LogP contribution in [0.15, 0.2) is 0 Å². The van der Waals surface area contributed by atoms with E-state index in [0.29, 0.717) is 6.54 Å². The molecule has 2 N–H and O–H groups in total. The fraction of sp³-hybridized carbons (Fsp3) is 0.857. The van der Waals surface area contributed by atoms with Gasteiger partial charge in [0.2, 0.25) is 0 Å². The predicted molar refractivity (Wildman–Crippen MR) is 39.8 cm³/mol. The molecule has 1 aliphatic rings. The Hall–Kier alpha value is -0.730. The van der Waals surface area contributed by atoms with Gasteiger partial charge in [0.25, 0.3) is 0 Å². The second-order valence-corrected chi connectivity index (χ2v) is 3.05. The molecule has 0 aliphatic heterocycles. The van der Waals surface area contributed by atoms with Crippen molar-refractivity contribution in [3.8, 4) is 0 Å². The maximum absolute atomic E-state index is 10.9. The normalized spacial score (nSPS) is 19.8. The van der Waals surface area contributed by atoms with Crippen LogP contribution in [0.25, 0.3) is 0 Å². The molecule has 58 valence electrons. The number of urea groups is 1. The molecule has 0 aromatic heterocycles. The first-order valence-electron chi connectivity index (χ1n) is 3.72. The number of amides is 2. The fourth-order valence-electron chi connectivity index (χ4n) is 0.791. The molecule has 0 spiro atoms. The Bertz CT molecular complexity index is 141. The van der Waals surface area contributed by atoms with E-state index in [0.717, 1.165) is 12.8 Å². The molecule has 0 heterocycles. The molecular formula is C7H14N2O. The van der Waals surface area contributed by atoms with E-state index in [1.807, 2.05) is 6.92 Å². The minimum absolute atomic E-state index is 0.0394. The molecule has 1 rings (SSSR count).